The van der Waals surface area contributed by atoms with Gasteiger partial charge in [-0.2, -0.15) is 0 Å². The highest BCUT2D eigenvalue weighted by Gasteiger charge is 2.44. The Kier molecular flexibility index (Phi) is 6.13. The summed E-state index contributed by atoms with van der Waals surface area (Å²) in [5, 5.41) is 7.88. The number of ketones is 1. The van der Waals surface area contributed by atoms with Crippen molar-refractivity contribution in [2.75, 3.05) is 25.1 Å². The molecule has 1 saturated carbocycles. The molecule has 1 aliphatic carbocycles. The van der Waals surface area contributed by atoms with Crippen LogP contribution in [0.25, 0.3) is 5.65 Å². The fraction of sp³-hybridized carbons (Fsp3) is 0.423. The monoisotopic (exact) mass is 446 g/mol. The summed E-state index contributed by atoms with van der Waals surface area (Å²) in [5.74, 6) is 2.75. The van der Waals surface area contributed by atoms with Crippen LogP contribution in [-0.4, -0.2) is 40.1 Å². The van der Waals surface area contributed by atoms with E-state index in [4.69, 9.17) is 9.47 Å². The van der Waals surface area contributed by atoms with Crippen LogP contribution in [0.15, 0.2) is 54.7 Å². The standard InChI is InChI=1S/C26H30N4O3/c1-19(31)13-21-6-4-7-22(14-21)33-25-9-8-24-28-23(16-30(24)29-25)27-12-3-2-5-20-10-11-26(15-20)17-32-18-26/h2,4-9,14,16,20,27H,3,10-13,15,17-18H2,1H3. The van der Waals surface area contributed by atoms with E-state index in [2.05, 4.69) is 27.6 Å². The van der Waals surface area contributed by atoms with Crippen molar-refractivity contribution in [3.8, 4) is 11.6 Å². The van der Waals surface area contributed by atoms with Gasteiger partial charge in [-0.05, 0) is 62.3 Å². The Bertz CT molecular complexity index is 1170. The quantitative estimate of drug-likeness (QED) is 0.375. The third kappa shape index (κ3) is 5.25. The lowest BCUT2D eigenvalue weighted by Gasteiger charge is -2.38. The topological polar surface area (TPSA) is 77.8 Å². The summed E-state index contributed by atoms with van der Waals surface area (Å²) in [4.78, 5) is 15.9. The minimum absolute atomic E-state index is 0.122. The number of benzene rings is 1. The van der Waals surface area contributed by atoms with Crippen LogP contribution in [0.2, 0.25) is 0 Å². The van der Waals surface area contributed by atoms with E-state index >= 15 is 0 Å². The Morgan fingerprint density at radius 3 is 3.03 bits per heavy atom. The number of nitrogens with one attached hydrogen (secondary N) is 1. The maximum atomic E-state index is 11.4. The number of imidazole rings is 1. The average Bonchev–Trinajstić information content (AvgIpc) is 3.37. The summed E-state index contributed by atoms with van der Waals surface area (Å²) in [7, 11) is 0. The van der Waals surface area contributed by atoms with E-state index in [1.807, 2.05) is 36.5 Å². The molecule has 7 heteroatoms. The molecule has 1 aliphatic heterocycles. The van der Waals surface area contributed by atoms with Crippen LogP contribution < -0.4 is 10.1 Å². The Balaban J connectivity index is 1.13. The van der Waals surface area contributed by atoms with Crippen molar-refractivity contribution in [3.05, 3.63) is 60.3 Å². The van der Waals surface area contributed by atoms with Crippen LogP contribution in [0, 0.1) is 11.3 Å². The van der Waals surface area contributed by atoms with Gasteiger partial charge in [0.1, 0.15) is 17.4 Å². The van der Waals surface area contributed by atoms with Gasteiger partial charge in [0.2, 0.25) is 5.88 Å². The van der Waals surface area contributed by atoms with Crippen molar-refractivity contribution in [2.24, 2.45) is 11.3 Å². The van der Waals surface area contributed by atoms with E-state index in [-0.39, 0.29) is 5.78 Å². The predicted octanol–water partition coefficient (Wildman–Crippen LogP) is 4.83. The molecule has 2 aromatic heterocycles. The van der Waals surface area contributed by atoms with Crippen LogP contribution in [0.4, 0.5) is 5.82 Å². The molecule has 0 bridgehead atoms. The minimum atomic E-state index is 0.122. The van der Waals surface area contributed by atoms with Crippen LogP contribution in [-0.2, 0) is 16.0 Å². The zero-order chi connectivity index (χ0) is 22.7. The summed E-state index contributed by atoms with van der Waals surface area (Å²) < 4.78 is 13.0. The van der Waals surface area contributed by atoms with Crippen molar-refractivity contribution in [1.29, 1.82) is 0 Å². The minimum Gasteiger partial charge on any atom is -0.438 e. The van der Waals surface area contributed by atoms with Gasteiger partial charge in [0.25, 0.3) is 0 Å². The first kappa shape index (κ1) is 21.6. The molecular formula is C26H30N4O3. The van der Waals surface area contributed by atoms with Gasteiger partial charge in [0, 0.05) is 24.4 Å². The lowest BCUT2D eigenvalue weighted by molar-refractivity contribution is -0.116. The molecule has 0 amide bonds. The molecule has 172 valence electrons. The Morgan fingerprint density at radius 1 is 1.33 bits per heavy atom. The SMILES string of the molecule is CC(=O)Cc1cccc(Oc2ccc3nc(NCCC=CC4CCC5(COC5)C4)cn3n2)c1. The summed E-state index contributed by atoms with van der Waals surface area (Å²) in [5.41, 5.74) is 2.18. The number of carbonyl (C=O) groups is 1. The average molecular weight is 447 g/mol. The van der Waals surface area contributed by atoms with Crippen LogP contribution >= 0.6 is 0 Å². The number of carbonyl (C=O) groups excluding carboxylic acids is 1. The first-order valence-corrected chi connectivity index (χ1v) is 11.7. The number of ether oxygens (including phenoxy) is 2. The summed E-state index contributed by atoms with van der Waals surface area (Å²) in [6, 6.07) is 11.2. The normalized spacial score (nSPS) is 19.2. The van der Waals surface area contributed by atoms with E-state index in [9.17, 15) is 4.79 Å². The number of hydrogen-bond donors (Lipinski definition) is 1. The largest absolute Gasteiger partial charge is 0.438 e. The lowest BCUT2D eigenvalue weighted by Crippen LogP contribution is -2.40. The molecule has 1 aromatic carbocycles. The number of anilines is 1. The van der Waals surface area contributed by atoms with Crippen molar-refractivity contribution in [2.45, 2.75) is 39.0 Å². The molecule has 3 heterocycles. The molecule has 1 N–H and O–H groups in total. The van der Waals surface area contributed by atoms with Gasteiger partial charge in [-0.15, -0.1) is 5.10 Å². The van der Waals surface area contributed by atoms with E-state index in [0.717, 1.165) is 43.2 Å². The molecule has 1 atom stereocenters. The number of fused-ring (bicyclic) bond motifs is 1. The summed E-state index contributed by atoms with van der Waals surface area (Å²) >= 11 is 0. The Morgan fingerprint density at radius 2 is 2.24 bits per heavy atom. The van der Waals surface area contributed by atoms with Crippen LogP contribution in [0.1, 0.15) is 38.2 Å². The van der Waals surface area contributed by atoms with Gasteiger partial charge in [0.05, 0.1) is 19.4 Å². The highest BCUT2D eigenvalue weighted by atomic mass is 16.5. The molecule has 33 heavy (non-hydrogen) atoms. The first-order chi connectivity index (χ1) is 16.1. The molecule has 5 rings (SSSR count). The van der Waals surface area contributed by atoms with Gasteiger partial charge >= 0.3 is 0 Å². The molecule has 7 nitrogen and oxygen atoms in total. The van der Waals surface area contributed by atoms with E-state index < -0.39 is 0 Å². The Labute approximate surface area is 193 Å². The Hall–Kier alpha value is -3.19. The number of nitrogens with zero attached hydrogens (tertiary/aromatic N) is 3. The fourth-order valence-electron chi connectivity index (χ4n) is 4.77. The first-order valence-electron chi connectivity index (χ1n) is 11.7. The van der Waals surface area contributed by atoms with E-state index in [0.29, 0.717) is 29.4 Å². The van der Waals surface area contributed by atoms with Crippen molar-refractivity contribution >= 4 is 17.2 Å². The highest BCUT2D eigenvalue weighted by Crippen LogP contribution is 2.47. The van der Waals surface area contributed by atoms with E-state index in [1.54, 1.807) is 17.5 Å². The molecule has 1 saturated heterocycles. The molecule has 1 unspecified atom stereocenters. The summed E-state index contributed by atoms with van der Waals surface area (Å²) in [6.07, 6.45) is 11.8. The van der Waals surface area contributed by atoms with Crippen LogP contribution in [0.3, 0.4) is 0 Å². The lowest BCUT2D eigenvalue weighted by atomic mass is 9.83. The number of rotatable bonds is 9. The van der Waals surface area contributed by atoms with E-state index in [1.165, 1.54) is 19.3 Å². The maximum absolute atomic E-state index is 11.4. The molecule has 3 aromatic rings. The fourth-order valence-corrected chi connectivity index (χ4v) is 4.77. The second-order valence-corrected chi connectivity index (χ2v) is 9.37. The molecular weight excluding hydrogens is 416 g/mol. The van der Waals surface area contributed by atoms with Crippen molar-refractivity contribution < 1.29 is 14.3 Å². The van der Waals surface area contributed by atoms with Gasteiger partial charge in [-0.1, -0.05) is 24.3 Å². The number of allylic oxidation sites excluding steroid dienone is 1. The number of hydrogen-bond acceptors (Lipinski definition) is 6. The third-order valence-corrected chi connectivity index (χ3v) is 6.45. The molecule has 2 fully saturated rings. The van der Waals surface area contributed by atoms with Gasteiger partial charge in [-0.25, -0.2) is 9.50 Å². The molecule has 1 spiro atoms. The maximum Gasteiger partial charge on any atom is 0.237 e. The number of aromatic nitrogens is 3. The zero-order valence-corrected chi connectivity index (χ0v) is 19.0. The molecule has 0 radical (unpaired) electrons. The van der Waals surface area contributed by atoms with Gasteiger partial charge in [0.15, 0.2) is 5.65 Å². The van der Waals surface area contributed by atoms with Gasteiger partial charge in [-0.3, -0.25) is 4.79 Å². The predicted molar refractivity (Wildman–Crippen MR) is 127 cm³/mol. The van der Waals surface area contributed by atoms with Crippen molar-refractivity contribution in [3.63, 3.8) is 0 Å². The van der Waals surface area contributed by atoms with Crippen molar-refractivity contribution in [1.82, 2.24) is 14.6 Å². The third-order valence-electron chi connectivity index (χ3n) is 6.45. The summed E-state index contributed by atoms with van der Waals surface area (Å²) in [6.45, 7) is 4.33. The zero-order valence-electron chi connectivity index (χ0n) is 19.0. The smallest absolute Gasteiger partial charge is 0.237 e. The second kappa shape index (κ2) is 9.35. The van der Waals surface area contributed by atoms with Crippen LogP contribution in [0.5, 0.6) is 11.6 Å². The van der Waals surface area contributed by atoms with Gasteiger partial charge < -0.3 is 14.8 Å². The number of Topliss-reactive ketones (excluding diaryl/α,β-unsaturated/α-hetero) is 1. The highest BCUT2D eigenvalue weighted by molar-refractivity contribution is 5.78. The molecule has 2 aliphatic rings. The second-order valence-electron chi connectivity index (χ2n) is 9.37.